The van der Waals surface area contributed by atoms with Crippen molar-refractivity contribution < 1.29 is 4.52 Å². The lowest BCUT2D eigenvalue weighted by atomic mass is 10.1. The molecule has 0 bridgehead atoms. The summed E-state index contributed by atoms with van der Waals surface area (Å²) >= 11 is 0. The molecule has 0 aliphatic carbocycles. The lowest BCUT2D eigenvalue weighted by Crippen LogP contribution is -2.10. The molecule has 4 heterocycles. The first-order chi connectivity index (χ1) is 13.6. The van der Waals surface area contributed by atoms with E-state index >= 15 is 0 Å². The molecule has 8 heteroatoms. The number of nitrogens with zero attached hydrogens (tertiary/aromatic N) is 6. The quantitative estimate of drug-likeness (QED) is 0.564. The Morgan fingerprint density at radius 1 is 1.00 bits per heavy atom. The van der Waals surface area contributed by atoms with E-state index in [1.165, 1.54) is 0 Å². The second-order valence-electron chi connectivity index (χ2n) is 6.42. The zero-order valence-corrected chi connectivity index (χ0v) is 15.8. The minimum Gasteiger partial charge on any atom is -0.343 e. The van der Waals surface area contributed by atoms with Crippen LogP contribution in [-0.4, -0.2) is 30.1 Å². The van der Waals surface area contributed by atoms with Gasteiger partial charge in [0, 0.05) is 41.1 Å². The van der Waals surface area contributed by atoms with Crippen LogP contribution in [0.2, 0.25) is 0 Å². The second-order valence-corrected chi connectivity index (χ2v) is 6.42. The van der Waals surface area contributed by atoms with Crippen molar-refractivity contribution >= 4 is 5.95 Å². The van der Waals surface area contributed by atoms with E-state index in [0.717, 1.165) is 28.2 Å². The van der Waals surface area contributed by atoms with Gasteiger partial charge in [0.15, 0.2) is 0 Å². The highest BCUT2D eigenvalue weighted by Crippen LogP contribution is 2.23. The van der Waals surface area contributed by atoms with Crippen molar-refractivity contribution in [2.24, 2.45) is 0 Å². The Bertz CT molecular complexity index is 1090. The van der Waals surface area contributed by atoms with Gasteiger partial charge in [-0.1, -0.05) is 5.16 Å². The van der Waals surface area contributed by atoms with Crippen molar-refractivity contribution in [1.82, 2.24) is 30.1 Å². The number of aryl methyl sites for hydroxylation is 2. The standard InChI is InChI=1S/C20H19N7O/c1-12-6-7-16(13(2)23-12)17-8-10-22-20(25-17)24-14(3)19-26-18(27-28-19)15-5-4-9-21-11-15/h4-11,14H,1-3H3,(H,22,24,25)/t14-/m0/s1. The van der Waals surface area contributed by atoms with Gasteiger partial charge in [-0.05, 0) is 51.1 Å². The van der Waals surface area contributed by atoms with Crippen LogP contribution in [0.3, 0.4) is 0 Å². The van der Waals surface area contributed by atoms with Gasteiger partial charge in [-0.15, -0.1) is 0 Å². The molecule has 28 heavy (non-hydrogen) atoms. The summed E-state index contributed by atoms with van der Waals surface area (Å²) in [6.07, 6.45) is 5.10. The summed E-state index contributed by atoms with van der Waals surface area (Å²) < 4.78 is 5.38. The molecule has 0 aliphatic heterocycles. The normalized spacial score (nSPS) is 12.0. The van der Waals surface area contributed by atoms with Crippen molar-refractivity contribution in [3.8, 4) is 22.6 Å². The van der Waals surface area contributed by atoms with Crippen LogP contribution in [0.1, 0.15) is 30.2 Å². The van der Waals surface area contributed by atoms with Crippen molar-refractivity contribution in [2.45, 2.75) is 26.8 Å². The van der Waals surface area contributed by atoms with Crippen molar-refractivity contribution in [1.29, 1.82) is 0 Å². The highest BCUT2D eigenvalue weighted by Gasteiger charge is 2.17. The minimum absolute atomic E-state index is 0.259. The maximum atomic E-state index is 5.38. The van der Waals surface area contributed by atoms with Crippen LogP contribution in [0.15, 0.2) is 53.4 Å². The van der Waals surface area contributed by atoms with E-state index in [4.69, 9.17) is 4.52 Å². The van der Waals surface area contributed by atoms with Crippen LogP contribution in [0, 0.1) is 13.8 Å². The molecule has 0 spiro atoms. The predicted octanol–water partition coefficient (Wildman–Crippen LogP) is 3.77. The number of nitrogens with one attached hydrogen (secondary N) is 1. The number of anilines is 1. The largest absolute Gasteiger partial charge is 0.343 e. The molecule has 0 aromatic carbocycles. The van der Waals surface area contributed by atoms with Gasteiger partial charge in [-0.25, -0.2) is 9.97 Å². The molecule has 4 aromatic rings. The Morgan fingerprint density at radius 3 is 2.68 bits per heavy atom. The average Bonchev–Trinajstić information content (AvgIpc) is 3.19. The molecule has 0 saturated carbocycles. The summed E-state index contributed by atoms with van der Waals surface area (Å²) in [6, 6.07) is 9.30. The van der Waals surface area contributed by atoms with Crippen molar-refractivity contribution in [3.05, 3.63) is 66.2 Å². The van der Waals surface area contributed by atoms with Crippen LogP contribution in [0.4, 0.5) is 5.95 Å². The molecule has 1 atom stereocenters. The summed E-state index contributed by atoms with van der Waals surface area (Å²) in [4.78, 5) is 21.9. The molecule has 0 saturated heterocycles. The number of hydrogen-bond donors (Lipinski definition) is 1. The molecule has 0 aliphatic rings. The maximum Gasteiger partial charge on any atom is 0.249 e. The van der Waals surface area contributed by atoms with Gasteiger partial charge in [0.25, 0.3) is 0 Å². The lowest BCUT2D eigenvalue weighted by molar-refractivity contribution is 0.367. The fourth-order valence-electron chi connectivity index (χ4n) is 2.81. The topological polar surface area (TPSA) is 103 Å². The van der Waals surface area contributed by atoms with Gasteiger partial charge in [0.05, 0.1) is 5.69 Å². The third-order valence-corrected chi connectivity index (χ3v) is 4.23. The van der Waals surface area contributed by atoms with Gasteiger partial charge < -0.3 is 9.84 Å². The van der Waals surface area contributed by atoms with Gasteiger partial charge in [-0.2, -0.15) is 4.98 Å². The molecule has 1 N–H and O–H groups in total. The van der Waals surface area contributed by atoms with E-state index < -0.39 is 0 Å². The number of rotatable bonds is 5. The van der Waals surface area contributed by atoms with E-state index in [1.54, 1.807) is 18.6 Å². The summed E-state index contributed by atoms with van der Waals surface area (Å²) in [6.45, 7) is 5.85. The molecule has 0 unspecified atom stereocenters. The van der Waals surface area contributed by atoms with Gasteiger partial charge in [0.1, 0.15) is 6.04 Å². The number of pyridine rings is 2. The fourth-order valence-corrected chi connectivity index (χ4v) is 2.81. The lowest BCUT2D eigenvalue weighted by Gasteiger charge is -2.11. The van der Waals surface area contributed by atoms with Crippen molar-refractivity contribution in [2.75, 3.05) is 5.32 Å². The highest BCUT2D eigenvalue weighted by atomic mass is 16.5. The predicted molar refractivity (Wildman–Crippen MR) is 104 cm³/mol. The Morgan fingerprint density at radius 2 is 1.89 bits per heavy atom. The maximum absolute atomic E-state index is 5.38. The zero-order valence-electron chi connectivity index (χ0n) is 15.8. The molecule has 0 radical (unpaired) electrons. The van der Waals surface area contributed by atoms with E-state index in [2.05, 4.69) is 35.4 Å². The van der Waals surface area contributed by atoms with Crippen molar-refractivity contribution in [3.63, 3.8) is 0 Å². The zero-order chi connectivity index (χ0) is 19.5. The Balaban J connectivity index is 1.54. The first kappa shape index (κ1) is 17.7. The summed E-state index contributed by atoms with van der Waals surface area (Å²) in [5.41, 5.74) is 4.47. The average molecular weight is 373 g/mol. The van der Waals surface area contributed by atoms with E-state index in [9.17, 15) is 0 Å². The van der Waals surface area contributed by atoms with Gasteiger partial charge >= 0.3 is 0 Å². The van der Waals surface area contributed by atoms with Crippen LogP contribution < -0.4 is 5.32 Å². The van der Waals surface area contributed by atoms with Gasteiger partial charge in [-0.3, -0.25) is 9.97 Å². The summed E-state index contributed by atoms with van der Waals surface area (Å²) in [7, 11) is 0. The first-order valence-corrected chi connectivity index (χ1v) is 8.88. The molecule has 0 amide bonds. The molecule has 4 aromatic heterocycles. The van der Waals surface area contributed by atoms with Crippen LogP contribution in [0.5, 0.6) is 0 Å². The van der Waals surface area contributed by atoms with E-state index in [0.29, 0.717) is 17.7 Å². The Kier molecular flexibility index (Phi) is 4.76. The Hall–Kier alpha value is -3.68. The molecular formula is C20H19N7O. The van der Waals surface area contributed by atoms with E-state index in [1.807, 2.05) is 51.1 Å². The summed E-state index contributed by atoms with van der Waals surface area (Å²) in [5, 5.41) is 7.23. The molecule has 140 valence electrons. The molecular weight excluding hydrogens is 354 g/mol. The van der Waals surface area contributed by atoms with Crippen LogP contribution in [0.25, 0.3) is 22.6 Å². The third-order valence-electron chi connectivity index (χ3n) is 4.23. The smallest absolute Gasteiger partial charge is 0.249 e. The molecule has 0 fully saturated rings. The van der Waals surface area contributed by atoms with Crippen LogP contribution >= 0.6 is 0 Å². The van der Waals surface area contributed by atoms with Gasteiger partial charge in [0.2, 0.25) is 17.7 Å². The SMILES string of the molecule is Cc1ccc(-c2ccnc(N[C@@H](C)c3nc(-c4cccnc4)no3)n2)c(C)n1. The Labute approximate surface area is 162 Å². The second kappa shape index (κ2) is 7.51. The van der Waals surface area contributed by atoms with E-state index in [-0.39, 0.29) is 6.04 Å². The summed E-state index contributed by atoms with van der Waals surface area (Å²) in [5.74, 6) is 1.42. The highest BCUT2D eigenvalue weighted by molar-refractivity contribution is 5.62. The first-order valence-electron chi connectivity index (χ1n) is 8.88. The third kappa shape index (κ3) is 3.71. The van der Waals surface area contributed by atoms with Crippen LogP contribution in [-0.2, 0) is 0 Å². The monoisotopic (exact) mass is 373 g/mol. The fraction of sp³-hybridized carbons (Fsp3) is 0.200. The number of aromatic nitrogens is 6. The minimum atomic E-state index is -0.259. The number of hydrogen-bond acceptors (Lipinski definition) is 8. The molecule has 4 rings (SSSR count). The molecule has 8 nitrogen and oxygen atoms in total.